The molecule has 0 spiro atoms. The van der Waals surface area contributed by atoms with Crippen molar-refractivity contribution in [3.63, 3.8) is 0 Å². The van der Waals surface area contributed by atoms with Gasteiger partial charge in [-0.3, -0.25) is 4.79 Å². The van der Waals surface area contributed by atoms with E-state index in [0.29, 0.717) is 5.95 Å². The number of rotatable bonds is 5. The molecule has 3 heterocycles. The highest BCUT2D eigenvalue weighted by atomic mass is 16.7. The lowest BCUT2D eigenvalue weighted by molar-refractivity contribution is -0.134. The minimum Gasteiger partial charge on any atom is -0.444 e. The second kappa shape index (κ2) is 9.93. The summed E-state index contributed by atoms with van der Waals surface area (Å²) in [5.74, 6) is 0.509. The molecule has 0 aliphatic carbocycles. The minimum absolute atomic E-state index is 0.0747. The number of hydrogen-bond acceptors (Lipinski definition) is 8. The third-order valence-electron chi connectivity index (χ3n) is 6.93. The van der Waals surface area contributed by atoms with Crippen molar-refractivity contribution >= 4 is 30.5 Å². The van der Waals surface area contributed by atoms with E-state index in [1.165, 1.54) is 0 Å². The first-order valence-corrected chi connectivity index (χ1v) is 12.3. The first-order valence-electron chi connectivity index (χ1n) is 12.3. The van der Waals surface area contributed by atoms with Gasteiger partial charge in [-0.05, 0) is 68.2 Å². The molecule has 2 fully saturated rings. The van der Waals surface area contributed by atoms with Gasteiger partial charge in [-0.15, -0.1) is 0 Å². The van der Waals surface area contributed by atoms with Gasteiger partial charge >= 0.3 is 13.2 Å². The zero-order chi connectivity index (χ0) is 26.2. The predicted molar refractivity (Wildman–Crippen MR) is 135 cm³/mol. The Morgan fingerprint density at radius 3 is 2.14 bits per heavy atom. The van der Waals surface area contributed by atoms with Crippen LogP contribution in [0.5, 0.6) is 0 Å². The Labute approximate surface area is 209 Å². The molecule has 35 heavy (non-hydrogen) atoms. The molecule has 2 aliphatic heterocycles. The van der Waals surface area contributed by atoms with Gasteiger partial charge in [0.25, 0.3) is 0 Å². The maximum Gasteiger partial charge on any atom is 0.498 e. The summed E-state index contributed by atoms with van der Waals surface area (Å²) in [5, 5.41) is 2.63. The molecule has 3 rings (SSSR count). The van der Waals surface area contributed by atoms with Crippen LogP contribution >= 0.6 is 0 Å². The SMILES string of the molecule is CC(NC(=O)OC(C)(C)C)C(=O)N(C)C1CCN(c2ncc(B3OC(C)(C)C(C)(C)O3)cn2)CC1. The van der Waals surface area contributed by atoms with Gasteiger partial charge in [-0.1, -0.05) is 0 Å². The van der Waals surface area contributed by atoms with Crippen molar-refractivity contribution in [1.82, 2.24) is 20.2 Å². The summed E-state index contributed by atoms with van der Waals surface area (Å²) in [7, 11) is 1.29. The molecular weight excluding hydrogens is 449 g/mol. The van der Waals surface area contributed by atoms with Gasteiger partial charge in [0.2, 0.25) is 11.9 Å². The lowest BCUT2D eigenvalue weighted by atomic mass is 9.81. The van der Waals surface area contributed by atoms with Crippen molar-refractivity contribution in [2.24, 2.45) is 0 Å². The number of carbonyl (C=O) groups is 2. The van der Waals surface area contributed by atoms with Crippen molar-refractivity contribution < 1.29 is 23.6 Å². The largest absolute Gasteiger partial charge is 0.498 e. The van der Waals surface area contributed by atoms with Crippen LogP contribution in [-0.2, 0) is 18.8 Å². The molecule has 2 saturated heterocycles. The molecule has 2 aliphatic rings. The number of alkyl carbamates (subject to hydrolysis) is 1. The fourth-order valence-electron chi connectivity index (χ4n) is 4.08. The summed E-state index contributed by atoms with van der Waals surface area (Å²) in [4.78, 5) is 37.8. The summed E-state index contributed by atoms with van der Waals surface area (Å²) in [6.07, 6.45) is 4.49. The van der Waals surface area contributed by atoms with Gasteiger partial charge in [0, 0.05) is 44.0 Å². The second-order valence-electron chi connectivity index (χ2n) is 11.4. The number of hydrogen-bond donors (Lipinski definition) is 1. The number of nitrogens with zero attached hydrogens (tertiary/aromatic N) is 4. The molecule has 1 aromatic rings. The quantitative estimate of drug-likeness (QED) is 0.627. The Kier molecular flexibility index (Phi) is 7.71. The highest BCUT2D eigenvalue weighted by molar-refractivity contribution is 6.61. The lowest BCUT2D eigenvalue weighted by Crippen LogP contribution is -2.52. The number of likely N-dealkylation sites (N-methyl/N-ethyl adjacent to an activating group) is 1. The normalized spacial score (nSPS) is 20.9. The third-order valence-corrected chi connectivity index (χ3v) is 6.93. The first kappa shape index (κ1) is 27.2. The molecule has 1 aromatic heterocycles. The van der Waals surface area contributed by atoms with Gasteiger partial charge in [-0.25, -0.2) is 14.8 Å². The van der Waals surface area contributed by atoms with E-state index in [2.05, 4.69) is 20.2 Å². The standard InChI is InChI=1S/C24H40BN5O5/c1-16(28-21(32)33-22(2,3)4)19(31)29(9)18-10-12-30(13-11-18)20-26-14-17(15-27-20)25-34-23(5,6)24(7,8)35-25/h14-16,18H,10-13H2,1-9H3,(H,28,32). The van der Waals surface area contributed by atoms with Crippen LogP contribution in [0.25, 0.3) is 0 Å². The zero-order valence-corrected chi connectivity index (χ0v) is 22.5. The van der Waals surface area contributed by atoms with E-state index in [1.54, 1.807) is 52.0 Å². The van der Waals surface area contributed by atoms with Gasteiger partial charge in [0.05, 0.1) is 11.2 Å². The van der Waals surface area contributed by atoms with Crippen LogP contribution in [0.4, 0.5) is 10.7 Å². The van der Waals surface area contributed by atoms with Crippen LogP contribution in [0.2, 0.25) is 0 Å². The maximum atomic E-state index is 12.8. The van der Waals surface area contributed by atoms with E-state index in [-0.39, 0.29) is 11.9 Å². The van der Waals surface area contributed by atoms with Crippen LogP contribution in [-0.4, -0.2) is 83.0 Å². The molecule has 1 atom stereocenters. The van der Waals surface area contributed by atoms with Gasteiger partial charge < -0.3 is 29.2 Å². The Bertz CT molecular complexity index is 894. The predicted octanol–water partition coefficient (Wildman–Crippen LogP) is 2.12. The number of amides is 2. The average molecular weight is 489 g/mol. The molecule has 2 amide bonds. The first-order chi connectivity index (χ1) is 16.1. The molecule has 11 heteroatoms. The highest BCUT2D eigenvalue weighted by Gasteiger charge is 2.52. The second-order valence-corrected chi connectivity index (χ2v) is 11.4. The van der Waals surface area contributed by atoms with Crippen molar-refractivity contribution in [3.05, 3.63) is 12.4 Å². The van der Waals surface area contributed by atoms with Crippen molar-refractivity contribution in [1.29, 1.82) is 0 Å². The molecule has 1 unspecified atom stereocenters. The summed E-state index contributed by atoms with van der Waals surface area (Å²) in [5.41, 5.74) is -0.654. The molecule has 0 aromatic carbocycles. The van der Waals surface area contributed by atoms with E-state index < -0.39 is 36.1 Å². The monoisotopic (exact) mass is 489 g/mol. The smallest absolute Gasteiger partial charge is 0.444 e. The van der Waals surface area contributed by atoms with Gasteiger partial charge in [0.1, 0.15) is 11.6 Å². The number of aromatic nitrogens is 2. The van der Waals surface area contributed by atoms with Crippen LogP contribution in [0, 0.1) is 0 Å². The molecule has 194 valence electrons. The topological polar surface area (TPSA) is 106 Å². The van der Waals surface area contributed by atoms with E-state index in [9.17, 15) is 9.59 Å². The lowest BCUT2D eigenvalue weighted by Gasteiger charge is -2.37. The van der Waals surface area contributed by atoms with E-state index in [0.717, 1.165) is 31.4 Å². The highest BCUT2D eigenvalue weighted by Crippen LogP contribution is 2.36. The molecular formula is C24H40BN5O5. The fraction of sp³-hybridized carbons (Fsp3) is 0.750. The van der Waals surface area contributed by atoms with Crippen molar-refractivity contribution in [2.45, 2.75) is 97.1 Å². The summed E-state index contributed by atoms with van der Waals surface area (Å²) in [6.45, 7) is 16.6. The fourth-order valence-corrected chi connectivity index (χ4v) is 4.08. The summed E-state index contributed by atoms with van der Waals surface area (Å²) >= 11 is 0. The Morgan fingerprint density at radius 1 is 1.14 bits per heavy atom. The average Bonchev–Trinajstić information content (AvgIpc) is 2.98. The summed E-state index contributed by atoms with van der Waals surface area (Å²) in [6, 6.07) is -0.593. The Balaban J connectivity index is 1.51. The number of piperidine rings is 1. The van der Waals surface area contributed by atoms with Crippen LogP contribution < -0.4 is 15.7 Å². The van der Waals surface area contributed by atoms with E-state index in [1.807, 2.05) is 27.7 Å². The van der Waals surface area contributed by atoms with E-state index >= 15 is 0 Å². The Morgan fingerprint density at radius 2 is 1.66 bits per heavy atom. The van der Waals surface area contributed by atoms with Crippen LogP contribution in [0.1, 0.15) is 68.2 Å². The molecule has 10 nitrogen and oxygen atoms in total. The number of carbonyl (C=O) groups excluding carboxylic acids is 2. The van der Waals surface area contributed by atoms with Gasteiger partial charge in [0.15, 0.2) is 0 Å². The molecule has 1 N–H and O–H groups in total. The van der Waals surface area contributed by atoms with Gasteiger partial charge in [-0.2, -0.15) is 0 Å². The number of nitrogens with one attached hydrogen (secondary N) is 1. The van der Waals surface area contributed by atoms with E-state index in [4.69, 9.17) is 14.0 Å². The zero-order valence-electron chi connectivity index (χ0n) is 22.5. The van der Waals surface area contributed by atoms with Crippen LogP contribution in [0.15, 0.2) is 12.4 Å². The van der Waals surface area contributed by atoms with Crippen molar-refractivity contribution in [2.75, 3.05) is 25.0 Å². The summed E-state index contributed by atoms with van der Waals surface area (Å²) < 4.78 is 17.4. The molecule has 0 saturated carbocycles. The number of anilines is 1. The third kappa shape index (κ3) is 6.44. The minimum atomic E-state index is -0.668. The molecule has 0 bridgehead atoms. The maximum absolute atomic E-state index is 12.8. The Hall–Kier alpha value is -2.40. The van der Waals surface area contributed by atoms with Crippen LogP contribution in [0.3, 0.4) is 0 Å². The number of ether oxygens (including phenoxy) is 1. The van der Waals surface area contributed by atoms with Crippen molar-refractivity contribution in [3.8, 4) is 0 Å². The molecule has 0 radical (unpaired) electrons.